The van der Waals surface area contributed by atoms with Crippen molar-refractivity contribution in [1.29, 1.82) is 0 Å². The van der Waals surface area contributed by atoms with E-state index >= 15 is 0 Å². The van der Waals surface area contributed by atoms with Crippen LogP contribution in [0.15, 0.2) is 16.3 Å². The molecule has 1 fully saturated rings. The smallest absolute Gasteiger partial charge is 0.308 e. The van der Waals surface area contributed by atoms with Crippen molar-refractivity contribution in [3.05, 3.63) is 17.0 Å². The minimum atomic E-state index is -3.53. The first-order valence-electron chi connectivity index (χ1n) is 7.23. The van der Waals surface area contributed by atoms with Crippen molar-refractivity contribution in [3.8, 4) is 0 Å². The van der Waals surface area contributed by atoms with Gasteiger partial charge in [-0.3, -0.25) is 4.79 Å². The molecule has 1 aliphatic carbocycles. The second-order valence-electron chi connectivity index (χ2n) is 5.55. The third-order valence-corrected chi connectivity index (χ3v) is 7.01. The van der Waals surface area contributed by atoms with Gasteiger partial charge in [0, 0.05) is 10.9 Å². The fourth-order valence-electron chi connectivity index (χ4n) is 2.79. The molecule has 118 valence electrons. The maximum Gasteiger partial charge on any atom is 0.308 e. The lowest BCUT2D eigenvalue weighted by atomic mass is 9.85. The highest BCUT2D eigenvalue weighted by atomic mass is 32.2. The molecule has 0 aliphatic heterocycles. The summed E-state index contributed by atoms with van der Waals surface area (Å²) in [4.78, 5) is 11.2. The molecule has 0 amide bonds. The lowest BCUT2D eigenvalue weighted by Gasteiger charge is -2.28. The van der Waals surface area contributed by atoms with E-state index in [1.54, 1.807) is 6.07 Å². The second-order valence-corrected chi connectivity index (χ2v) is 8.66. The lowest BCUT2D eigenvalue weighted by molar-refractivity contribution is -0.136. The molecule has 1 aliphatic rings. The van der Waals surface area contributed by atoms with Crippen molar-refractivity contribution in [1.82, 2.24) is 4.72 Å². The van der Waals surface area contributed by atoms with Crippen LogP contribution in [0.2, 0.25) is 0 Å². The molecule has 0 saturated heterocycles. The number of hydrogen-bond donors (Lipinski definition) is 2. The predicted molar refractivity (Wildman–Crippen MR) is 82.0 cm³/mol. The number of carboxylic acid groups (broad SMARTS) is 1. The molecular formula is C14H21NO4S2. The van der Waals surface area contributed by atoms with Crippen LogP contribution in [0.3, 0.4) is 0 Å². The minimum absolute atomic E-state index is 0.00118. The molecule has 7 heteroatoms. The Morgan fingerprint density at radius 3 is 2.86 bits per heavy atom. The molecule has 0 bridgehead atoms. The third kappa shape index (κ3) is 4.52. The summed E-state index contributed by atoms with van der Waals surface area (Å²) in [5.74, 6) is -0.357. The van der Waals surface area contributed by atoms with E-state index in [0.29, 0.717) is 10.8 Å². The molecule has 1 saturated carbocycles. The van der Waals surface area contributed by atoms with Crippen LogP contribution < -0.4 is 4.72 Å². The molecule has 5 nitrogen and oxygen atoms in total. The van der Waals surface area contributed by atoms with Gasteiger partial charge in [0.15, 0.2) is 0 Å². The predicted octanol–water partition coefficient (Wildman–Crippen LogP) is 2.62. The highest BCUT2D eigenvalue weighted by Gasteiger charge is 2.26. The topological polar surface area (TPSA) is 83.5 Å². The van der Waals surface area contributed by atoms with Crippen molar-refractivity contribution in [2.24, 2.45) is 5.92 Å². The van der Waals surface area contributed by atoms with E-state index in [0.717, 1.165) is 37.0 Å². The highest BCUT2D eigenvalue weighted by Crippen LogP contribution is 2.29. The summed E-state index contributed by atoms with van der Waals surface area (Å²) >= 11 is 1.03. The van der Waals surface area contributed by atoms with Crippen LogP contribution in [0.1, 0.15) is 43.9 Å². The number of sulfonamides is 1. The first kappa shape index (κ1) is 16.5. The zero-order valence-electron chi connectivity index (χ0n) is 12.0. The van der Waals surface area contributed by atoms with Crippen LogP contribution in [-0.4, -0.2) is 25.5 Å². The number of nitrogens with one attached hydrogen (secondary N) is 1. The van der Waals surface area contributed by atoms with Crippen LogP contribution in [0.25, 0.3) is 0 Å². The van der Waals surface area contributed by atoms with Gasteiger partial charge in [0.1, 0.15) is 4.21 Å². The van der Waals surface area contributed by atoms with Gasteiger partial charge in [-0.15, -0.1) is 11.3 Å². The summed E-state index contributed by atoms with van der Waals surface area (Å²) in [5, 5.41) is 8.74. The maximum absolute atomic E-state index is 12.3. The Morgan fingerprint density at radius 1 is 1.43 bits per heavy atom. The molecule has 1 heterocycles. The Labute approximate surface area is 129 Å². The molecule has 2 rings (SSSR count). The molecule has 0 spiro atoms. The molecule has 1 aromatic heterocycles. The van der Waals surface area contributed by atoms with Crippen LogP contribution in [0.4, 0.5) is 0 Å². The standard InChI is InChI=1S/C14H21NO4S2/c1-2-10-4-3-5-11(8-10)15-21(18,19)14-7-6-12(20-14)9-13(16)17/h6-7,10-11,15H,2-5,8-9H2,1H3,(H,16,17). The van der Waals surface area contributed by atoms with Gasteiger partial charge in [-0.25, -0.2) is 13.1 Å². The summed E-state index contributed by atoms with van der Waals surface area (Å²) in [7, 11) is -3.53. The second kappa shape index (κ2) is 6.89. The fourth-order valence-corrected chi connectivity index (χ4v) is 5.44. The van der Waals surface area contributed by atoms with Gasteiger partial charge in [-0.1, -0.05) is 26.2 Å². The lowest BCUT2D eigenvalue weighted by Crippen LogP contribution is -2.38. The van der Waals surface area contributed by atoms with Crippen molar-refractivity contribution in [3.63, 3.8) is 0 Å². The van der Waals surface area contributed by atoms with Gasteiger partial charge in [0.2, 0.25) is 10.0 Å². The molecule has 0 aromatic carbocycles. The van der Waals surface area contributed by atoms with Crippen molar-refractivity contribution in [2.75, 3.05) is 0 Å². The van der Waals surface area contributed by atoms with E-state index in [1.807, 2.05) is 0 Å². The normalized spacial score (nSPS) is 23.1. The molecule has 2 atom stereocenters. The third-order valence-electron chi connectivity index (χ3n) is 3.91. The zero-order valence-corrected chi connectivity index (χ0v) is 13.7. The first-order chi connectivity index (χ1) is 9.90. The van der Waals surface area contributed by atoms with Gasteiger partial charge in [0.05, 0.1) is 6.42 Å². The quantitative estimate of drug-likeness (QED) is 0.839. The van der Waals surface area contributed by atoms with Gasteiger partial charge >= 0.3 is 5.97 Å². The van der Waals surface area contributed by atoms with E-state index in [-0.39, 0.29) is 16.7 Å². The Hall–Kier alpha value is -0.920. The summed E-state index contributed by atoms with van der Waals surface area (Å²) < 4.78 is 27.7. The van der Waals surface area contributed by atoms with E-state index < -0.39 is 16.0 Å². The number of rotatable bonds is 6. The summed E-state index contributed by atoms with van der Waals surface area (Å²) in [6, 6.07) is 3.06. The largest absolute Gasteiger partial charge is 0.481 e. The first-order valence-corrected chi connectivity index (χ1v) is 9.53. The van der Waals surface area contributed by atoms with E-state index in [1.165, 1.54) is 12.5 Å². The van der Waals surface area contributed by atoms with Gasteiger partial charge in [0.25, 0.3) is 0 Å². The van der Waals surface area contributed by atoms with E-state index in [2.05, 4.69) is 11.6 Å². The van der Waals surface area contributed by atoms with Gasteiger partial charge in [-0.05, 0) is 30.9 Å². The summed E-state index contributed by atoms with van der Waals surface area (Å²) in [6.45, 7) is 2.14. The zero-order chi connectivity index (χ0) is 15.5. The van der Waals surface area contributed by atoms with E-state index in [4.69, 9.17) is 5.11 Å². The number of carbonyl (C=O) groups is 1. The van der Waals surface area contributed by atoms with Crippen molar-refractivity contribution in [2.45, 2.75) is 55.7 Å². The van der Waals surface area contributed by atoms with Crippen molar-refractivity contribution >= 4 is 27.3 Å². The number of thiophene rings is 1. The van der Waals surface area contributed by atoms with Crippen LogP contribution in [0, 0.1) is 5.92 Å². The Balaban J connectivity index is 2.04. The van der Waals surface area contributed by atoms with Crippen LogP contribution >= 0.6 is 11.3 Å². The molecule has 2 N–H and O–H groups in total. The fraction of sp³-hybridized carbons (Fsp3) is 0.643. The maximum atomic E-state index is 12.3. The van der Waals surface area contributed by atoms with E-state index in [9.17, 15) is 13.2 Å². The summed E-state index contributed by atoms with van der Waals surface area (Å²) in [6.07, 6.45) is 4.95. The number of aliphatic carboxylic acids is 1. The number of hydrogen-bond acceptors (Lipinski definition) is 4. The molecule has 21 heavy (non-hydrogen) atoms. The average Bonchev–Trinajstić information content (AvgIpc) is 2.87. The number of carboxylic acids is 1. The molecule has 1 aromatic rings. The highest BCUT2D eigenvalue weighted by molar-refractivity contribution is 7.91. The minimum Gasteiger partial charge on any atom is -0.481 e. The van der Waals surface area contributed by atoms with Gasteiger partial charge in [-0.2, -0.15) is 0 Å². The monoisotopic (exact) mass is 331 g/mol. The Kier molecular flexibility index (Phi) is 5.40. The van der Waals surface area contributed by atoms with Crippen molar-refractivity contribution < 1.29 is 18.3 Å². The average molecular weight is 331 g/mol. The van der Waals surface area contributed by atoms with Gasteiger partial charge < -0.3 is 5.11 Å². The van der Waals surface area contributed by atoms with Crippen LogP contribution in [-0.2, 0) is 21.2 Å². The molecule has 0 radical (unpaired) electrons. The Morgan fingerprint density at radius 2 is 2.19 bits per heavy atom. The molecular weight excluding hydrogens is 310 g/mol. The molecule has 2 unspecified atom stereocenters. The summed E-state index contributed by atoms with van der Waals surface area (Å²) in [5.41, 5.74) is 0. The Bertz CT molecular complexity index is 594. The van der Waals surface area contributed by atoms with Crippen LogP contribution in [0.5, 0.6) is 0 Å². The SMILES string of the molecule is CCC1CCCC(NS(=O)(=O)c2ccc(CC(=O)O)s2)C1.